The second-order valence-corrected chi connectivity index (χ2v) is 9.42. The molecule has 3 aromatic carbocycles. The molecule has 3 aromatic rings. The summed E-state index contributed by atoms with van der Waals surface area (Å²) in [5.74, 6) is 1.14. The van der Waals surface area contributed by atoms with Crippen molar-refractivity contribution >= 4 is 6.29 Å². The van der Waals surface area contributed by atoms with E-state index in [0.717, 1.165) is 47.1 Å². The Bertz CT molecular complexity index is 1080. The fourth-order valence-corrected chi connectivity index (χ4v) is 3.88. The van der Waals surface area contributed by atoms with E-state index in [2.05, 4.69) is 26.8 Å². The smallest absolute Gasteiger partial charge is 0.131 e. The highest BCUT2D eigenvalue weighted by molar-refractivity contribution is 5.71. The Morgan fingerprint density at radius 2 is 1.58 bits per heavy atom. The van der Waals surface area contributed by atoms with Crippen LogP contribution in [0.15, 0.2) is 60.7 Å². The molecule has 0 aliphatic heterocycles. The third-order valence-electron chi connectivity index (χ3n) is 5.90. The summed E-state index contributed by atoms with van der Waals surface area (Å²) < 4.78 is 26.2. The van der Waals surface area contributed by atoms with Crippen molar-refractivity contribution in [3.05, 3.63) is 83.2 Å². The van der Waals surface area contributed by atoms with Gasteiger partial charge in [-0.15, -0.1) is 0 Å². The summed E-state index contributed by atoms with van der Waals surface area (Å²) in [6.07, 6.45) is 2.60. The Hall–Kier alpha value is -3.14. The van der Waals surface area contributed by atoms with Crippen LogP contribution in [0.4, 0.5) is 4.39 Å². The molecule has 174 valence electrons. The van der Waals surface area contributed by atoms with Gasteiger partial charge in [0.2, 0.25) is 0 Å². The van der Waals surface area contributed by atoms with Crippen LogP contribution in [0, 0.1) is 11.7 Å². The molecule has 4 heteroatoms. The Morgan fingerprint density at radius 3 is 2.18 bits per heavy atom. The molecule has 33 heavy (non-hydrogen) atoms. The maximum Gasteiger partial charge on any atom is 0.131 e. The Labute approximate surface area is 196 Å². The van der Waals surface area contributed by atoms with Crippen LogP contribution in [-0.2, 0) is 23.2 Å². The van der Waals surface area contributed by atoms with Crippen molar-refractivity contribution in [1.29, 1.82) is 0 Å². The molecule has 0 unspecified atom stereocenters. The molecule has 1 atom stereocenters. The molecule has 0 aromatic heterocycles. The predicted octanol–water partition coefficient (Wildman–Crippen LogP) is 7.15. The fraction of sp³-hybridized carbons (Fsp3) is 0.345. The molecule has 0 fully saturated rings. The minimum atomic E-state index is -0.282. The van der Waals surface area contributed by atoms with Gasteiger partial charge in [0, 0.05) is 11.5 Å². The first-order chi connectivity index (χ1) is 15.7. The van der Waals surface area contributed by atoms with Gasteiger partial charge in [-0.3, -0.25) is 0 Å². The summed E-state index contributed by atoms with van der Waals surface area (Å²) in [6.45, 7) is 8.75. The van der Waals surface area contributed by atoms with E-state index in [1.54, 1.807) is 19.2 Å². The molecule has 0 bridgehead atoms. The van der Waals surface area contributed by atoms with E-state index in [1.807, 2.05) is 43.3 Å². The fourth-order valence-electron chi connectivity index (χ4n) is 3.88. The minimum absolute atomic E-state index is 0.0496. The second kappa shape index (κ2) is 10.7. The summed E-state index contributed by atoms with van der Waals surface area (Å²) >= 11 is 0. The Balaban J connectivity index is 1.84. The van der Waals surface area contributed by atoms with Gasteiger partial charge in [-0.05, 0) is 76.9 Å². The number of ether oxygens (including phenoxy) is 2. The maximum absolute atomic E-state index is 14.8. The molecule has 0 amide bonds. The van der Waals surface area contributed by atoms with Crippen molar-refractivity contribution in [3.8, 4) is 22.6 Å². The number of methoxy groups -OCH3 is 1. The van der Waals surface area contributed by atoms with Crippen LogP contribution >= 0.6 is 0 Å². The maximum atomic E-state index is 14.8. The molecular weight excluding hydrogens is 415 g/mol. The van der Waals surface area contributed by atoms with Crippen LogP contribution in [0.25, 0.3) is 11.1 Å². The molecule has 0 spiro atoms. The molecule has 0 heterocycles. The molecule has 0 aliphatic rings. The Kier molecular flexibility index (Phi) is 7.91. The van der Waals surface area contributed by atoms with Gasteiger partial charge in [-0.25, -0.2) is 4.39 Å². The third-order valence-corrected chi connectivity index (χ3v) is 5.90. The number of halogens is 1. The van der Waals surface area contributed by atoms with Crippen LogP contribution in [0.2, 0.25) is 0 Å². The van der Waals surface area contributed by atoms with Gasteiger partial charge >= 0.3 is 0 Å². The van der Waals surface area contributed by atoms with Gasteiger partial charge in [0.05, 0.1) is 7.11 Å². The highest BCUT2D eigenvalue weighted by atomic mass is 19.1. The van der Waals surface area contributed by atoms with E-state index in [-0.39, 0.29) is 17.2 Å². The van der Waals surface area contributed by atoms with E-state index in [4.69, 9.17) is 9.47 Å². The quantitative estimate of drug-likeness (QED) is 0.326. The number of hydrogen-bond donors (Lipinski definition) is 0. The van der Waals surface area contributed by atoms with E-state index in [1.165, 1.54) is 6.07 Å². The first-order valence-electron chi connectivity index (χ1n) is 11.4. The van der Waals surface area contributed by atoms with Crippen molar-refractivity contribution in [2.75, 3.05) is 7.11 Å². The summed E-state index contributed by atoms with van der Waals surface area (Å²) in [4.78, 5) is 11.1. The van der Waals surface area contributed by atoms with Crippen LogP contribution in [0.1, 0.15) is 50.8 Å². The second-order valence-electron chi connectivity index (χ2n) is 9.42. The van der Waals surface area contributed by atoms with Crippen molar-refractivity contribution in [2.45, 2.75) is 52.6 Å². The lowest BCUT2D eigenvalue weighted by Gasteiger charge is -2.24. The van der Waals surface area contributed by atoms with Gasteiger partial charge in [0.15, 0.2) is 0 Å². The largest absolute Gasteiger partial charge is 0.497 e. The number of benzene rings is 3. The number of carbonyl (C=O) groups excluding carboxylic acids is 1. The predicted molar refractivity (Wildman–Crippen MR) is 131 cm³/mol. The summed E-state index contributed by atoms with van der Waals surface area (Å²) in [5.41, 5.74) is 4.34. The van der Waals surface area contributed by atoms with Gasteiger partial charge in [-0.2, -0.15) is 0 Å². The summed E-state index contributed by atoms with van der Waals surface area (Å²) in [7, 11) is 1.58. The van der Waals surface area contributed by atoms with Crippen molar-refractivity contribution in [3.63, 3.8) is 0 Å². The van der Waals surface area contributed by atoms with E-state index in [9.17, 15) is 9.18 Å². The molecule has 0 radical (unpaired) electrons. The molecule has 0 N–H and O–H groups in total. The monoisotopic (exact) mass is 448 g/mol. The van der Waals surface area contributed by atoms with Gasteiger partial charge < -0.3 is 14.3 Å². The lowest BCUT2D eigenvalue weighted by atomic mass is 9.81. The van der Waals surface area contributed by atoms with Crippen LogP contribution in [0.3, 0.4) is 0 Å². The van der Waals surface area contributed by atoms with Gasteiger partial charge in [0.25, 0.3) is 0 Å². The summed E-state index contributed by atoms with van der Waals surface area (Å²) in [6, 6.07) is 18.8. The third kappa shape index (κ3) is 6.22. The molecule has 3 nitrogen and oxygen atoms in total. The van der Waals surface area contributed by atoms with E-state index < -0.39 is 0 Å². The van der Waals surface area contributed by atoms with Gasteiger partial charge in [0.1, 0.15) is 30.2 Å². The lowest BCUT2D eigenvalue weighted by Crippen LogP contribution is -2.13. The van der Waals surface area contributed by atoms with Crippen molar-refractivity contribution < 1.29 is 18.7 Å². The number of carbonyl (C=O) groups is 1. The number of rotatable bonds is 9. The summed E-state index contributed by atoms with van der Waals surface area (Å²) in [5, 5.41) is 0. The van der Waals surface area contributed by atoms with Crippen molar-refractivity contribution in [2.24, 2.45) is 5.92 Å². The molecule has 0 saturated carbocycles. The first-order valence-corrected chi connectivity index (χ1v) is 11.4. The van der Waals surface area contributed by atoms with Crippen LogP contribution in [0.5, 0.6) is 11.5 Å². The van der Waals surface area contributed by atoms with Crippen LogP contribution in [-0.4, -0.2) is 13.4 Å². The Morgan fingerprint density at radius 1 is 0.909 bits per heavy atom. The lowest BCUT2D eigenvalue weighted by molar-refractivity contribution is -0.111. The standard InChI is InChI=1S/C29H33FO3/c1-6-20(18-31)15-21-7-10-23(11-8-21)33-19-22-9-13-27(29(2,3)4)25(16-22)26-17-24(32-5)12-14-28(26)30/h7-14,16-18,20H,6,15,19H2,1-5H3/t20-/m1/s1. The number of hydrogen-bond acceptors (Lipinski definition) is 3. The zero-order valence-corrected chi connectivity index (χ0v) is 20.2. The highest BCUT2D eigenvalue weighted by Crippen LogP contribution is 2.36. The van der Waals surface area contributed by atoms with E-state index in [0.29, 0.717) is 17.9 Å². The van der Waals surface area contributed by atoms with E-state index >= 15 is 0 Å². The minimum Gasteiger partial charge on any atom is -0.497 e. The molecular formula is C29H33FO3. The highest BCUT2D eigenvalue weighted by Gasteiger charge is 2.21. The zero-order chi connectivity index (χ0) is 24.0. The SMILES string of the molecule is CC[C@@H](C=O)Cc1ccc(OCc2ccc(C(C)(C)C)c(-c3cc(OC)ccc3F)c2)cc1. The topological polar surface area (TPSA) is 35.5 Å². The molecule has 0 aliphatic carbocycles. The zero-order valence-electron chi connectivity index (χ0n) is 20.2. The normalized spacial score (nSPS) is 12.3. The first kappa shape index (κ1) is 24.5. The van der Waals surface area contributed by atoms with Crippen LogP contribution < -0.4 is 9.47 Å². The van der Waals surface area contributed by atoms with Crippen molar-refractivity contribution in [1.82, 2.24) is 0 Å². The molecule has 3 rings (SSSR count). The number of aldehydes is 1. The molecule has 0 saturated heterocycles. The average Bonchev–Trinajstić information content (AvgIpc) is 2.81. The average molecular weight is 449 g/mol. The van der Waals surface area contributed by atoms with Gasteiger partial charge in [-0.1, -0.05) is 52.0 Å².